The monoisotopic (exact) mass is 271 g/mol. The summed E-state index contributed by atoms with van der Waals surface area (Å²) >= 11 is 5.85. The number of rotatable bonds is 4. The van der Waals surface area contributed by atoms with E-state index >= 15 is 0 Å². The SMILES string of the molecule is C#C[C@@](CO)(Nc1ccc(Cl)cc1)c1ccccc1. The van der Waals surface area contributed by atoms with Crippen molar-refractivity contribution >= 4 is 17.3 Å². The Hall–Kier alpha value is -1.95. The molecular weight excluding hydrogens is 258 g/mol. The lowest BCUT2D eigenvalue weighted by Gasteiger charge is -2.29. The third-order valence-electron chi connectivity index (χ3n) is 2.95. The van der Waals surface area contributed by atoms with Crippen LogP contribution >= 0.6 is 11.6 Å². The van der Waals surface area contributed by atoms with Gasteiger partial charge >= 0.3 is 0 Å². The minimum absolute atomic E-state index is 0.198. The van der Waals surface area contributed by atoms with Gasteiger partial charge in [-0.3, -0.25) is 0 Å². The van der Waals surface area contributed by atoms with Gasteiger partial charge in [0.15, 0.2) is 0 Å². The lowest BCUT2D eigenvalue weighted by Crippen LogP contribution is -2.37. The van der Waals surface area contributed by atoms with Crippen molar-refractivity contribution in [1.29, 1.82) is 0 Å². The first-order chi connectivity index (χ1) is 9.20. The van der Waals surface area contributed by atoms with Crippen molar-refractivity contribution in [3.8, 4) is 12.3 Å². The minimum atomic E-state index is -0.935. The highest BCUT2D eigenvalue weighted by Crippen LogP contribution is 2.26. The lowest BCUT2D eigenvalue weighted by atomic mass is 9.91. The number of aliphatic hydroxyl groups excluding tert-OH is 1. The fraction of sp³-hybridized carbons (Fsp3) is 0.125. The summed E-state index contributed by atoms with van der Waals surface area (Å²) in [5.74, 6) is 2.65. The molecule has 96 valence electrons. The van der Waals surface area contributed by atoms with Crippen LogP contribution in [0.3, 0.4) is 0 Å². The zero-order chi connectivity index (χ0) is 13.7. The molecule has 0 saturated carbocycles. The second kappa shape index (κ2) is 5.79. The van der Waals surface area contributed by atoms with E-state index < -0.39 is 5.54 Å². The zero-order valence-electron chi connectivity index (χ0n) is 10.3. The third kappa shape index (κ3) is 2.90. The number of halogens is 1. The van der Waals surface area contributed by atoms with Crippen LogP contribution in [0.5, 0.6) is 0 Å². The second-order valence-electron chi connectivity index (χ2n) is 4.21. The summed E-state index contributed by atoms with van der Waals surface area (Å²) in [6.45, 7) is -0.198. The Morgan fingerprint density at radius 2 is 1.74 bits per heavy atom. The van der Waals surface area contributed by atoms with Gasteiger partial charge in [0.2, 0.25) is 0 Å². The topological polar surface area (TPSA) is 32.3 Å². The van der Waals surface area contributed by atoms with E-state index in [9.17, 15) is 5.11 Å². The van der Waals surface area contributed by atoms with Crippen LogP contribution in [0.25, 0.3) is 0 Å². The van der Waals surface area contributed by atoms with Crippen molar-refractivity contribution in [2.75, 3.05) is 11.9 Å². The van der Waals surface area contributed by atoms with Gasteiger partial charge in [-0.15, -0.1) is 6.42 Å². The van der Waals surface area contributed by atoms with Gasteiger partial charge in [-0.2, -0.15) is 0 Å². The first-order valence-electron chi connectivity index (χ1n) is 5.88. The normalized spacial score (nSPS) is 13.3. The van der Waals surface area contributed by atoms with Crippen LogP contribution < -0.4 is 5.32 Å². The van der Waals surface area contributed by atoms with Crippen LogP contribution in [0.4, 0.5) is 5.69 Å². The fourth-order valence-corrected chi connectivity index (χ4v) is 2.00. The molecule has 0 aliphatic heterocycles. The van der Waals surface area contributed by atoms with Crippen molar-refractivity contribution in [3.63, 3.8) is 0 Å². The molecule has 19 heavy (non-hydrogen) atoms. The fourth-order valence-electron chi connectivity index (χ4n) is 1.87. The van der Waals surface area contributed by atoms with E-state index in [1.165, 1.54) is 0 Å². The summed E-state index contributed by atoms with van der Waals surface area (Å²) < 4.78 is 0. The summed E-state index contributed by atoms with van der Waals surface area (Å²) in [5.41, 5.74) is 0.713. The van der Waals surface area contributed by atoms with E-state index in [0.29, 0.717) is 5.02 Å². The van der Waals surface area contributed by atoms with E-state index in [2.05, 4.69) is 11.2 Å². The van der Waals surface area contributed by atoms with Crippen molar-refractivity contribution in [1.82, 2.24) is 0 Å². The maximum absolute atomic E-state index is 9.71. The Bertz CT molecular complexity index is 574. The molecule has 0 bridgehead atoms. The highest BCUT2D eigenvalue weighted by atomic mass is 35.5. The molecule has 2 N–H and O–H groups in total. The lowest BCUT2D eigenvalue weighted by molar-refractivity contribution is 0.246. The second-order valence-corrected chi connectivity index (χ2v) is 4.64. The van der Waals surface area contributed by atoms with Gasteiger partial charge in [-0.05, 0) is 29.8 Å². The van der Waals surface area contributed by atoms with Crippen LogP contribution in [0.2, 0.25) is 5.02 Å². The molecule has 0 unspecified atom stereocenters. The first kappa shape index (κ1) is 13.5. The average Bonchev–Trinajstić information content (AvgIpc) is 2.48. The van der Waals surface area contributed by atoms with Crippen molar-refractivity contribution in [3.05, 3.63) is 65.2 Å². The minimum Gasteiger partial charge on any atom is -0.393 e. The summed E-state index contributed by atoms with van der Waals surface area (Å²) in [6.07, 6.45) is 5.63. The smallest absolute Gasteiger partial charge is 0.148 e. The van der Waals surface area contributed by atoms with Gasteiger partial charge in [0.1, 0.15) is 5.54 Å². The van der Waals surface area contributed by atoms with Crippen molar-refractivity contribution < 1.29 is 5.11 Å². The van der Waals surface area contributed by atoms with E-state index in [1.807, 2.05) is 42.5 Å². The molecule has 2 aromatic rings. The molecule has 0 amide bonds. The van der Waals surface area contributed by atoms with Gasteiger partial charge in [-0.25, -0.2) is 0 Å². The number of anilines is 1. The highest BCUT2D eigenvalue weighted by molar-refractivity contribution is 6.30. The highest BCUT2D eigenvalue weighted by Gasteiger charge is 2.28. The van der Waals surface area contributed by atoms with E-state index in [1.54, 1.807) is 12.1 Å². The molecular formula is C16H14ClNO. The van der Waals surface area contributed by atoms with E-state index in [0.717, 1.165) is 11.3 Å². The van der Waals surface area contributed by atoms with Crippen LogP contribution in [0, 0.1) is 12.3 Å². The van der Waals surface area contributed by atoms with Gasteiger partial charge < -0.3 is 10.4 Å². The molecule has 0 aliphatic rings. The van der Waals surface area contributed by atoms with Gasteiger partial charge in [0.05, 0.1) is 6.61 Å². The molecule has 0 aliphatic carbocycles. The zero-order valence-corrected chi connectivity index (χ0v) is 11.1. The molecule has 1 atom stereocenters. The molecule has 0 heterocycles. The van der Waals surface area contributed by atoms with Crippen LogP contribution in [0.15, 0.2) is 54.6 Å². The molecule has 0 radical (unpaired) electrons. The Kier molecular flexibility index (Phi) is 4.11. The molecule has 0 spiro atoms. The van der Waals surface area contributed by atoms with E-state index in [-0.39, 0.29) is 6.61 Å². The van der Waals surface area contributed by atoms with Crippen molar-refractivity contribution in [2.24, 2.45) is 0 Å². The Labute approximate surface area is 118 Å². The summed E-state index contributed by atoms with van der Waals surface area (Å²) in [7, 11) is 0. The molecule has 2 nitrogen and oxygen atoms in total. The molecule has 0 fully saturated rings. The number of benzene rings is 2. The Morgan fingerprint density at radius 1 is 1.11 bits per heavy atom. The summed E-state index contributed by atoms with van der Waals surface area (Å²) in [4.78, 5) is 0. The first-order valence-corrected chi connectivity index (χ1v) is 6.26. The molecule has 3 heteroatoms. The average molecular weight is 272 g/mol. The number of hydrogen-bond acceptors (Lipinski definition) is 2. The largest absolute Gasteiger partial charge is 0.393 e. The Morgan fingerprint density at radius 3 is 2.26 bits per heavy atom. The number of nitrogens with one attached hydrogen (secondary N) is 1. The van der Waals surface area contributed by atoms with Crippen molar-refractivity contribution in [2.45, 2.75) is 5.54 Å². The molecule has 2 rings (SSSR count). The predicted octanol–water partition coefficient (Wildman–Crippen LogP) is 3.27. The quantitative estimate of drug-likeness (QED) is 0.837. The summed E-state index contributed by atoms with van der Waals surface area (Å²) in [6, 6.07) is 16.7. The molecule has 0 aromatic heterocycles. The standard InChI is InChI=1S/C16H14ClNO/c1-2-16(12-19,13-6-4-3-5-7-13)18-15-10-8-14(17)9-11-15/h1,3-11,18-19H,12H2/t16-/m0/s1. The number of terminal acetylenes is 1. The Balaban J connectivity index is 2.36. The van der Waals surface area contributed by atoms with Crippen LogP contribution in [-0.2, 0) is 5.54 Å². The maximum atomic E-state index is 9.71. The van der Waals surface area contributed by atoms with Gasteiger partial charge in [0, 0.05) is 10.7 Å². The third-order valence-corrected chi connectivity index (χ3v) is 3.20. The number of hydrogen-bond donors (Lipinski definition) is 2. The predicted molar refractivity (Wildman–Crippen MR) is 79.1 cm³/mol. The van der Waals surface area contributed by atoms with Crippen LogP contribution in [0.1, 0.15) is 5.56 Å². The molecule has 0 saturated heterocycles. The van der Waals surface area contributed by atoms with Gasteiger partial charge in [-0.1, -0.05) is 47.9 Å². The maximum Gasteiger partial charge on any atom is 0.148 e. The van der Waals surface area contributed by atoms with E-state index in [4.69, 9.17) is 18.0 Å². The number of aliphatic hydroxyl groups is 1. The molecule has 2 aromatic carbocycles. The summed E-state index contributed by atoms with van der Waals surface area (Å²) in [5, 5.41) is 13.6. The van der Waals surface area contributed by atoms with Crippen LogP contribution in [-0.4, -0.2) is 11.7 Å². The van der Waals surface area contributed by atoms with Gasteiger partial charge in [0.25, 0.3) is 0 Å².